The van der Waals surface area contributed by atoms with Gasteiger partial charge in [0.25, 0.3) is 0 Å². The van der Waals surface area contributed by atoms with Gasteiger partial charge in [0.05, 0.1) is 4.21 Å². The van der Waals surface area contributed by atoms with Gasteiger partial charge in [-0.15, -0.1) is 23.1 Å². The van der Waals surface area contributed by atoms with E-state index in [1.54, 1.807) is 0 Å². The Labute approximate surface area is 90.9 Å². The largest absolute Gasteiger partial charge is 0.134 e. The minimum atomic E-state index is 1.13. The van der Waals surface area contributed by atoms with Crippen molar-refractivity contribution in [3.05, 3.63) is 17.0 Å². The number of thioether (sulfide) groups is 1. The number of hydrogen-bond donors (Lipinski definition) is 0. The molecule has 12 heavy (non-hydrogen) atoms. The van der Waals surface area contributed by atoms with Gasteiger partial charge < -0.3 is 0 Å². The van der Waals surface area contributed by atoms with Crippen LogP contribution in [0.5, 0.6) is 0 Å². The molecule has 0 amide bonds. The highest BCUT2D eigenvalue weighted by molar-refractivity contribution is 9.09. The Balaban J connectivity index is 2.31. The van der Waals surface area contributed by atoms with Gasteiger partial charge in [0, 0.05) is 10.2 Å². The minimum absolute atomic E-state index is 1.13. The smallest absolute Gasteiger partial charge is 0.0598 e. The first-order valence-electron chi connectivity index (χ1n) is 4.05. The van der Waals surface area contributed by atoms with Crippen molar-refractivity contribution < 1.29 is 0 Å². The van der Waals surface area contributed by atoms with E-state index in [9.17, 15) is 0 Å². The lowest BCUT2D eigenvalue weighted by Crippen LogP contribution is -1.80. The predicted molar refractivity (Wildman–Crippen MR) is 62.8 cm³/mol. The van der Waals surface area contributed by atoms with Crippen molar-refractivity contribution >= 4 is 39.0 Å². The van der Waals surface area contributed by atoms with Crippen molar-refractivity contribution in [1.29, 1.82) is 0 Å². The summed E-state index contributed by atoms with van der Waals surface area (Å²) in [5.41, 5.74) is 0. The van der Waals surface area contributed by atoms with Crippen LogP contribution in [-0.4, -0.2) is 11.6 Å². The maximum absolute atomic E-state index is 3.44. The number of unbranched alkanes of at least 4 members (excludes halogenated alkanes) is 1. The monoisotopic (exact) mass is 264 g/mol. The van der Waals surface area contributed by atoms with E-state index in [1.165, 1.54) is 28.3 Å². The van der Waals surface area contributed by atoms with Gasteiger partial charge in [0.15, 0.2) is 0 Å². The zero-order chi connectivity index (χ0) is 8.81. The highest BCUT2D eigenvalue weighted by Gasteiger charge is 1.97. The fourth-order valence-corrected chi connectivity index (χ4v) is 3.03. The van der Waals surface area contributed by atoms with E-state index >= 15 is 0 Å². The van der Waals surface area contributed by atoms with Crippen molar-refractivity contribution in [3.8, 4) is 0 Å². The van der Waals surface area contributed by atoms with Crippen LogP contribution in [0.25, 0.3) is 0 Å². The number of alkyl halides is 1. The van der Waals surface area contributed by atoms with E-state index in [-0.39, 0.29) is 0 Å². The third kappa shape index (κ3) is 3.50. The summed E-state index contributed by atoms with van der Waals surface area (Å²) >= 11 is 7.21. The third-order valence-electron chi connectivity index (χ3n) is 1.64. The van der Waals surface area contributed by atoms with Gasteiger partial charge in [-0.1, -0.05) is 15.9 Å². The van der Waals surface area contributed by atoms with Gasteiger partial charge in [0.1, 0.15) is 0 Å². The summed E-state index contributed by atoms with van der Waals surface area (Å²) < 4.78 is 1.43. The maximum Gasteiger partial charge on any atom is 0.0598 e. The fraction of sp³-hybridized carbons (Fsp3) is 0.556. The summed E-state index contributed by atoms with van der Waals surface area (Å²) in [5, 5.41) is 1.13. The summed E-state index contributed by atoms with van der Waals surface area (Å²) in [7, 11) is 0. The van der Waals surface area contributed by atoms with E-state index in [0.29, 0.717) is 0 Å². The number of thiophene rings is 1. The summed E-state index contributed by atoms with van der Waals surface area (Å²) in [6.45, 7) is 0. The molecule has 1 aromatic heterocycles. The molecule has 0 unspecified atom stereocenters. The van der Waals surface area contributed by atoms with Crippen LogP contribution in [0.4, 0.5) is 0 Å². The molecule has 68 valence electrons. The average molecular weight is 265 g/mol. The molecule has 0 bridgehead atoms. The third-order valence-corrected chi connectivity index (χ3v) is 4.43. The molecule has 0 spiro atoms. The van der Waals surface area contributed by atoms with E-state index in [1.807, 2.05) is 23.1 Å². The molecule has 1 rings (SSSR count). The van der Waals surface area contributed by atoms with Crippen LogP contribution >= 0.6 is 39.0 Å². The first-order valence-corrected chi connectivity index (χ1v) is 7.21. The minimum Gasteiger partial charge on any atom is -0.134 e. The van der Waals surface area contributed by atoms with E-state index in [0.717, 1.165) is 5.33 Å². The van der Waals surface area contributed by atoms with Gasteiger partial charge in [-0.3, -0.25) is 0 Å². The van der Waals surface area contributed by atoms with E-state index < -0.39 is 0 Å². The Morgan fingerprint density at radius 1 is 1.42 bits per heavy atom. The number of halogens is 1. The molecule has 0 saturated heterocycles. The van der Waals surface area contributed by atoms with E-state index in [2.05, 4.69) is 34.3 Å². The van der Waals surface area contributed by atoms with Crippen LogP contribution in [0.3, 0.4) is 0 Å². The topological polar surface area (TPSA) is 0 Å². The second-order valence-electron chi connectivity index (χ2n) is 2.57. The van der Waals surface area contributed by atoms with Crippen molar-refractivity contribution in [1.82, 2.24) is 0 Å². The molecular formula is C9H13BrS2. The molecule has 0 fully saturated rings. The molecule has 0 radical (unpaired) electrons. The molecule has 0 aliphatic heterocycles. The molecule has 1 aromatic rings. The summed E-state index contributed by atoms with van der Waals surface area (Å²) in [4.78, 5) is 1.53. The second-order valence-corrected chi connectivity index (χ2v) is 5.64. The fourth-order valence-electron chi connectivity index (χ4n) is 0.996. The Morgan fingerprint density at radius 3 is 2.83 bits per heavy atom. The van der Waals surface area contributed by atoms with Crippen molar-refractivity contribution in [2.24, 2.45) is 0 Å². The van der Waals surface area contributed by atoms with Gasteiger partial charge >= 0.3 is 0 Å². The molecule has 3 heteroatoms. The normalized spacial score (nSPS) is 10.5. The van der Waals surface area contributed by atoms with E-state index in [4.69, 9.17) is 0 Å². The van der Waals surface area contributed by atoms with Crippen molar-refractivity contribution in [2.45, 2.75) is 23.5 Å². The molecule has 0 nitrogen and oxygen atoms in total. The van der Waals surface area contributed by atoms with Crippen LogP contribution in [0.15, 0.2) is 16.3 Å². The molecule has 0 aromatic carbocycles. The molecule has 0 aliphatic rings. The van der Waals surface area contributed by atoms with Crippen LogP contribution in [-0.2, 0) is 6.42 Å². The number of rotatable bonds is 5. The Bertz CT molecular complexity index is 220. The van der Waals surface area contributed by atoms with Crippen LogP contribution in [0.2, 0.25) is 0 Å². The zero-order valence-corrected chi connectivity index (χ0v) is 10.4. The van der Waals surface area contributed by atoms with Crippen molar-refractivity contribution in [3.63, 3.8) is 0 Å². The van der Waals surface area contributed by atoms with Crippen molar-refractivity contribution in [2.75, 3.05) is 11.6 Å². The zero-order valence-electron chi connectivity index (χ0n) is 7.18. The SMILES string of the molecule is CSc1ccc(CCCCBr)s1. The lowest BCUT2D eigenvalue weighted by molar-refractivity contribution is 0.815. The number of aryl methyl sites for hydroxylation is 1. The molecule has 0 N–H and O–H groups in total. The van der Waals surface area contributed by atoms with Gasteiger partial charge in [0.2, 0.25) is 0 Å². The summed E-state index contributed by atoms with van der Waals surface area (Å²) in [6, 6.07) is 4.48. The standard InChI is InChI=1S/C9H13BrS2/c1-11-9-6-5-8(12-9)4-2-3-7-10/h5-6H,2-4,7H2,1H3. The average Bonchev–Trinajstić information content (AvgIpc) is 2.53. The Kier molecular flexibility index (Phi) is 5.35. The van der Waals surface area contributed by atoms with Gasteiger partial charge in [-0.05, 0) is 37.7 Å². The highest BCUT2D eigenvalue weighted by Crippen LogP contribution is 2.26. The summed E-state index contributed by atoms with van der Waals surface area (Å²) in [6.07, 6.45) is 5.97. The maximum atomic E-state index is 3.44. The summed E-state index contributed by atoms with van der Waals surface area (Å²) in [5.74, 6) is 0. The first-order chi connectivity index (χ1) is 5.86. The predicted octanol–water partition coefficient (Wildman–Crippen LogP) is 4.19. The second kappa shape index (κ2) is 6.06. The molecule has 0 atom stereocenters. The molecular weight excluding hydrogens is 252 g/mol. The first kappa shape index (κ1) is 10.6. The molecule has 0 saturated carbocycles. The van der Waals surface area contributed by atoms with Gasteiger partial charge in [-0.25, -0.2) is 0 Å². The lowest BCUT2D eigenvalue weighted by Gasteiger charge is -1.93. The Hall–Kier alpha value is 0.530. The number of hydrogen-bond acceptors (Lipinski definition) is 2. The lowest BCUT2D eigenvalue weighted by atomic mass is 10.2. The highest BCUT2D eigenvalue weighted by atomic mass is 79.9. The van der Waals surface area contributed by atoms with Crippen LogP contribution in [0.1, 0.15) is 17.7 Å². The molecule has 1 heterocycles. The molecule has 0 aliphatic carbocycles. The quantitative estimate of drug-likeness (QED) is 0.437. The van der Waals surface area contributed by atoms with Crippen LogP contribution < -0.4 is 0 Å². The Morgan fingerprint density at radius 2 is 2.25 bits per heavy atom. The van der Waals surface area contributed by atoms with Gasteiger partial charge in [-0.2, -0.15) is 0 Å². The van der Waals surface area contributed by atoms with Crippen LogP contribution in [0, 0.1) is 0 Å².